The number of rotatable bonds is 5. The van der Waals surface area contributed by atoms with Crippen LogP contribution in [0, 0.1) is 5.92 Å². The molecule has 100 valence electrons. The lowest BCUT2D eigenvalue weighted by molar-refractivity contribution is 0.379. The Balaban J connectivity index is 2.18. The fourth-order valence-electron chi connectivity index (χ4n) is 2.16. The first-order valence-corrected chi connectivity index (χ1v) is 6.55. The van der Waals surface area contributed by atoms with E-state index in [1.54, 1.807) is 7.11 Å². The largest absolute Gasteiger partial charge is 0.467 e. The number of nitrogens with one attached hydrogen (secondary N) is 1. The average Bonchev–Trinajstić information content (AvgIpc) is 2.87. The normalized spacial score (nSPS) is 19.1. The second-order valence-electron chi connectivity index (χ2n) is 4.49. The molecule has 1 unspecified atom stereocenters. The summed E-state index contributed by atoms with van der Waals surface area (Å²) in [5, 5.41) is 3.10. The molecule has 2 rings (SSSR count). The van der Waals surface area contributed by atoms with Crippen LogP contribution >= 0.6 is 0 Å². The number of hydrogen-bond acceptors (Lipinski definition) is 6. The molecule has 1 aromatic heterocycles. The van der Waals surface area contributed by atoms with Gasteiger partial charge in [0.15, 0.2) is 0 Å². The van der Waals surface area contributed by atoms with Gasteiger partial charge in [0, 0.05) is 19.6 Å². The summed E-state index contributed by atoms with van der Waals surface area (Å²) in [5.74, 6) is 2.04. The van der Waals surface area contributed by atoms with Gasteiger partial charge >= 0.3 is 6.01 Å². The van der Waals surface area contributed by atoms with Crippen LogP contribution in [0.25, 0.3) is 0 Å². The Hall–Kier alpha value is -1.59. The molecule has 2 heterocycles. The van der Waals surface area contributed by atoms with E-state index in [-0.39, 0.29) is 0 Å². The molecule has 0 aliphatic carbocycles. The average molecular weight is 251 g/mol. The third-order valence-corrected chi connectivity index (χ3v) is 3.27. The number of hydrogen-bond donors (Lipinski definition) is 1. The molecular formula is C12H21N5O. The Morgan fingerprint density at radius 2 is 2.17 bits per heavy atom. The van der Waals surface area contributed by atoms with Gasteiger partial charge in [0.2, 0.25) is 11.9 Å². The van der Waals surface area contributed by atoms with Crippen LogP contribution in [0.4, 0.5) is 11.9 Å². The van der Waals surface area contributed by atoms with Crippen molar-refractivity contribution in [1.29, 1.82) is 0 Å². The second kappa shape index (κ2) is 5.84. The molecule has 0 amide bonds. The predicted molar refractivity (Wildman–Crippen MR) is 71.2 cm³/mol. The molecule has 1 saturated heterocycles. The van der Waals surface area contributed by atoms with Gasteiger partial charge in [0.25, 0.3) is 0 Å². The zero-order chi connectivity index (χ0) is 13.0. The van der Waals surface area contributed by atoms with Gasteiger partial charge in [0.05, 0.1) is 7.11 Å². The van der Waals surface area contributed by atoms with Gasteiger partial charge in [-0.2, -0.15) is 15.0 Å². The summed E-state index contributed by atoms with van der Waals surface area (Å²) in [6.45, 7) is 7.06. The van der Waals surface area contributed by atoms with Crippen molar-refractivity contribution in [3.63, 3.8) is 0 Å². The van der Waals surface area contributed by atoms with Gasteiger partial charge < -0.3 is 15.0 Å². The zero-order valence-corrected chi connectivity index (χ0v) is 11.3. The smallest absolute Gasteiger partial charge is 0.322 e. The molecule has 6 heteroatoms. The highest BCUT2D eigenvalue weighted by molar-refractivity contribution is 5.39. The third-order valence-electron chi connectivity index (χ3n) is 3.27. The Kier molecular flexibility index (Phi) is 4.17. The highest BCUT2D eigenvalue weighted by Crippen LogP contribution is 2.24. The van der Waals surface area contributed by atoms with Crippen molar-refractivity contribution in [3.8, 4) is 6.01 Å². The molecule has 1 N–H and O–H groups in total. The van der Waals surface area contributed by atoms with E-state index in [0.717, 1.165) is 25.6 Å². The fourth-order valence-corrected chi connectivity index (χ4v) is 2.16. The maximum Gasteiger partial charge on any atom is 0.322 e. The van der Waals surface area contributed by atoms with Crippen molar-refractivity contribution >= 4 is 11.9 Å². The van der Waals surface area contributed by atoms with Crippen molar-refractivity contribution < 1.29 is 4.74 Å². The van der Waals surface area contributed by atoms with Gasteiger partial charge in [-0.1, -0.05) is 13.3 Å². The van der Waals surface area contributed by atoms with Gasteiger partial charge in [-0.3, -0.25) is 0 Å². The SMILES string of the molecule is CCNc1nc(OC)nc(N2CCC(CC)C2)n1. The van der Waals surface area contributed by atoms with Crippen LogP contribution in [-0.4, -0.2) is 41.7 Å². The summed E-state index contributed by atoms with van der Waals surface area (Å²) in [5.41, 5.74) is 0. The van der Waals surface area contributed by atoms with Crippen LogP contribution in [0.5, 0.6) is 6.01 Å². The lowest BCUT2D eigenvalue weighted by Gasteiger charge is -2.17. The van der Waals surface area contributed by atoms with Crippen LogP contribution in [0.1, 0.15) is 26.7 Å². The molecule has 6 nitrogen and oxygen atoms in total. The van der Waals surface area contributed by atoms with E-state index in [4.69, 9.17) is 4.74 Å². The minimum Gasteiger partial charge on any atom is -0.467 e. The Morgan fingerprint density at radius 1 is 1.33 bits per heavy atom. The summed E-state index contributed by atoms with van der Waals surface area (Å²) >= 11 is 0. The molecule has 0 saturated carbocycles. The molecule has 0 spiro atoms. The van der Waals surface area contributed by atoms with E-state index >= 15 is 0 Å². The number of nitrogens with zero attached hydrogens (tertiary/aromatic N) is 4. The third kappa shape index (κ3) is 2.80. The summed E-state index contributed by atoms with van der Waals surface area (Å²) in [6, 6.07) is 0.371. The monoisotopic (exact) mass is 251 g/mol. The predicted octanol–water partition coefficient (Wildman–Crippen LogP) is 1.55. The summed E-state index contributed by atoms with van der Waals surface area (Å²) < 4.78 is 5.13. The van der Waals surface area contributed by atoms with Gasteiger partial charge in [-0.25, -0.2) is 0 Å². The maximum absolute atomic E-state index is 5.13. The molecule has 1 fully saturated rings. The molecule has 18 heavy (non-hydrogen) atoms. The first kappa shape index (κ1) is 12.9. The molecule has 0 bridgehead atoms. The number of aromatic nitrogens is 3. The highest BCUT2D eigenvalue weighted by Gasteiger charge is 2.24. The Labute approximate surface area is 108 Å². The summed E-state index contributed by atoms with van der Waals surface area (Å²) in [7, 11) is 1.58. The van der Waals surface area contributed by atoms with Gasteiger partial charge in [-0.05, 0) is 19.3 Å². The Bertz CT molecular complexity index is 398. The van der Waals surface area contributed by atoms with Crippen molar-refractivity contribution in [3.05, 3.63) is 0 Å². The molecule has 0 radical (unpaired) electrons. The number of methoxy groups -OCH3 is 1. The van der Waals surface area contributed by atoms with Gasteiger partial charge in [-0.15, -0.1) is 0 Å². The first-order chi connectivity index (χ1) is 8.76. The zero-order valence-electron chi connectivity index (χ0n) is 11.3. The summed E-state index contributed by atoms with van der Waals surface area (Å²) in [4.78, 5) is 15.1. The van der Waals surface area contributed by atoms with Crippen molar-refractivity contribution in [2.45, 2.75) is 26.7 Å². The molecule has 1 atom stereocenters. The lowest BCUT2D eigenvalue weighted by atomic mass is 10.1. The van der Waals surface area contributed by atoms with Crippen molar-refractivity contribution in [2.75, 3.05) is 37.0 Å². The van der Waals surface area contributed by atoms with E-state index in [1.165, 1.54) is 12.8 Å². The lowest BCUT2D eigenvalue weighted by Crippen LogP contribution is -2.23. The second-order valence-corrected chi connectivity index (χ2v) is 4.49. The Morgan fingerprint density at radius 3 is 2.78 bits per heavy atom. The maximum atomic E-state index is 5.13. The molecule has 0 aromatic carbocycles. The minimum atomic E-state index is 0.371. The van der Waals surface area contributed by atoms with Crippen LogP contribution in [0.15, 0.2) is 0 Å². The molecular weight excluding hydrogens is 230 g/mol. The molecule has 1 aliphatic rings. The molecule has 1 aliphatic heterocycles. The highest BCUT2D eigenvalue weighted by atomic mass is 16.5. The van der Waals surface area contributed by atoms with E-state index in [9.17, 15) is 0 Å². The summed E-state index contributed by atoms with van der Waals surface area (Å²) in [6.07, 6.45) is 2.42. The van der Waals surface area contributed by atoms with E-state index in [1.807, 2.05) is 6.92 Å². The van der Waals surface area contributed by atoms with Crippen LogP contribution < -0.4 is 15.0 Å². The van der Waals surface area contributed by atoms with E-state index < -0.39 is 0 Å². The molecule has 1 aromatic rings. The van der Waals surface area contributed by atoms with Crippen LogP contribution in [-0.2, 0) is 0 Å². The number of anilines is 2. The van der Waals surface area contributed by atoms with Crippen LogP contribution in [0.2, 0.25) is 0 Å². The van der Waals surface area contributed by atoms with Gasteiger partial charge in [0.1, 0.15) is 0 Å². The topological polar surface area (TPSA) is 63.2 Å². The van der Waals surface area contributed by atoms with Crippen molar-refractivity contribution in [1.82, 2.24) is 15.0 Å². The fraction of sp³-hybridized carbons (Fsp3) is 0.750. The quantitative estimate of drug-likeness (QED) is 0.856. The van der Waals surface area contributed by atoms with E-state index in [2.05, 4.69) is 32.1 Å². The van der Waals surface area contributed by atoms with Crippen LogP contribution in [0.3, 0.4) is 0 Å². The standard InChI is InChI=1S/C12H21N5O/c1-4-9-6-7-17(8-9)11-14-10(13-5-2)15-12(16-11)18-3/h9H,4-8H2,1-3H3,(H,13,14,15,16). The van der Waals surface area contributed by atoms with Crippen molar-refractivity contribution in [2.24, 2.45) is 5.92 Å². The first-order valence-electron chi connectivity index (χ1n) is 6.55. The van der Waals surface area contributed by atoms with E-state index in [0.29, 0.717) is 17.9 Å². The number of ether oxygens (including phenoxy) is 1. The minimum absolute atomic E-state index is 0.371.